The van der Waals surface area contributed by atoms with E-state index >= 15 is 0 Å². The second kappa shape index (κ2) is 10.6. The van der Waals surface area contributed by atoms with Gasteiger partial charge in [0.1, 0.15) is 0 Å². The minimum absolute atomic E-state index is 1.19. The molecule has 0 saturated carbocycles. The monoisotopic (exact) mass is 433 g/mol. The highest BCUT2D eigenvalue weighted by atomic mass is 35.7. The summed E-state index contributed by atoms with van der Waals surface area (Å²) in [5, 5.41) is 0. The van der Waals surface area contributed by atoms with Crippen molar-refractivity contribution >= 4 is 12.3 Å². The SMILES string of the molecule is C(=C\[n+]1cc(-c2ccccc2)cc(-c2ccccc2)c1)/c1ccccc1.[O-][Cl+3]([O-])([O-])[O-]. The Bertz CT molecular complexity index is 1050. The first kappa shape index (κ1) is 22.4. The molecule has 0 amide bonds. The van der Waals surface area contributed by atoms with Crippen molar-refractivity contribution in [2.45, 2.75) is 0 Å². The topological polar surface area (TPSA) is 96.1 Å². The molecule has 156 valence electrons. The van der Waals surface area contributed by atoms with Crippen LogP contribution in [0.4, 0.5) is 0 Å². The summed E-state index contributed by atoms with van der Waals surface area (Å²) in [6.45, 7) is 0. The predicted molar refractivity (Wildman–Crippen MR) is 109 cm³/mol. The van der Waals surface area contributed by atoms with Crippen LogP contribution in [0, 0.1) is 10.2 Å². The van der Waals surface area contributed by atoms with Crippen LogP contribution in [-0.2, 0) is 0 Å². The quantitative estimate of drug-likeness (QED) is 0.451. The van der Waals surface area contributed by atoms with E-state index in [9.17, 15) is 0 Å². The lowest BCUT2D eigenvalue weighted by atomic mass is 10.0. The van der Waals surface area contributed by atoms with Crippen LogP contribution in [0.2, 0.25) is 0 Å². The van der Waals surface area contributed by atoms with Gasteiger partial charge in [-0.25, -0.2) is 18.6 Å². The molecule has 0 aliphatic heterocycles. The third kappa shape index (κ3) is 7.79. The largest absolute Gasteiger partial charge is 0.222 e. The summed E-state index contributed by atoms with van der Waals surface area (Å²) >= 11 is 0. The lowest BCUT2D eigenvalue weighted by molar-refractivity contribution is -2.00. The molecule has 4 rings (SSSR count). The fourth-order valence-corrected chi connectivity index (χ4v) is 3.00. The summed E-state index contributed by atoms with van der Waals surface area (Å²) in [4.78, 5) is 0. The number of nitrogens with zero attached hydrogens (tertiary/aromatic N) is 1. The van der Waals surface area contributed by atoms with Crippen molar-refractivity contribution in [2.75, 3.05) is 0 Å². The van der Waals surface area contributed by atoms with E-state index in [1.807, 2.05) is 18.2 Å². The second-order valence-corrected chi connectivity index (χ2v) is 7.35. The van der Waals surface area contributed by atoms with E-state index in [1.54, 1.807) is 0 Å². The van der Waals surface area contributed by atoms with Crippen LogP contribution >= 0.6 is 0 Å². The summed E-state index contributed by atoms with van der Waals surface area (Å²) in [7, 11) is -4.94. The van der Waals surface area contributed by atoms with Gasteiger partial charge in [0.05, 0.1) is 0 Å². The van der Waals surface area contributed by atoms with Gasteiger partial charge in [-0.3, -0.25) is 0 Å². The van der Waals surface area contributed by atoms with E-state index in [0.29, 0.717) is 0 Å². The molecular weight excluding hydrogens is 414 g/mol. The highest BCUT2D eigenvalue weighted by Crippen LogP contribution is 2.24. The van der Waals surface area contributed by atoms with Crippen molar-refractivity contribution in [3.05, 3.63) is 115 Å². The molecule has 0 spiro atoms. The Hall–Kier alpha value is -3.32. The van der Waals surface area contributed by atoms with Gasteiger partial charge in [-0.05, 0) is 22.8 Å². The number of aromatic nitrogens is 1. The van der Waals surface area contributed by atoms with Gasteiger partial charge in [0.25, 0.3) is 0 Å². The molecule has 0 unspecified atom stereocenters. The number of hydrogen-bond donors (Lipinski definition) is 0. The Morgan fingerprint density at radius 3 is 1.35 bits per heavy atom. The smallest absolute Gasteiger partial charge is 0.182 e. The van der Waals surface area contributed by atoms with Crippen molar-refractivity contribution in [3.63, 3.8) is 0 Å². The van der Waals surface area contributed by atoms with Gasteiger partial charge in [0, 0.05) is 17.2 Å². The predicted octanol–water partition coefficient (Wildman–Crippen LogP) is 1.18. The van der Waals surface area contributed by atoms with Crippen LogP contribution in [0.5, 0.6) is 0 Å². The van der Waals surface area contributed by atoms with Crippen molar-refractivity contribution in [1.29, 1.82) is 0 Å². The number of halogens is 1. The zero-order valence-electron chi connectivity index (χ0n) is 16.5. The molecule has 6 heteroatoms. The zero-order valence-corrected chi connectivity index (χ0v) is 17.3. The number of hydrogen-bond acceptors (Lipinski definition) is 4. The maximum absolute atomic E-state index is 8.49. The van der Waals surface area contributed by atoms with Crippen molar-refractivity contribution in [2.24, 2.45) is 0 Å². The fourth-order valence-electron chi connectivity index (χ4n) is 3.00. The molecule has 4 aromatic rings. The van der Waals surface area contributed by atoms with Gasteiger partial charge in [-0.1, -0.05) is 91.0 Å². The molecule has 3 aromatic carbocycles. The minimum Gasteiger partial charge on any atom is -0.222 e. The summed E-state index contributed by atoms with van der Waals surface area (Å²) in [5.41, 5.74) is 6.01. The van der Waals surface area contributed by atoms with Gasteiger partial charge < -0.3 is 0 Å². The number of pyridine rings is 1. The minimum atomic E-state index is -4.94. The molecule has 0 saturated heterocycles. The van der Waals surface area contributed by atoms with Crippen molar-refractivity contribution < 1.29 is 33.4 Å². The normalized spacial score (nSPS) is 11.1. The molecule has 0 bridgehead atoms. The average molecular weight is 434 g/mol. The average Bonchev–Trinajstić information content (AvgIpc) is 2.78. The van der Waals surface area contributed by atoms with Crippen LogP contribution in [0.3, 0.4) is 0 Å². The molecule has 0 radical (unpaired) electrons. The van der Waals surface area contributed by atoms with Crippen LogP contribution in [0.1, 0.15) is 5.56 Å². The van der Waals surface area contributed by atoms with E-state index in [2.05, 4.69) is 108 Å². The van der Waals surface area contributed by atoms with Crippen LogP contribution < -0.4 is 23.2 Å². The lowest BCUT2D eigenvalue weighted by Crippen LogP contribution is -2.68. The van der Waals surface area contributed by atoms with E-state index in [0.717, 1.165) is 0 Å². The van der Waals surface area contributed by atoms with Gasteiger partial charge in [0.15, 0.2) is 18.6 Å². The maximum atomic E-state index is 8.49. The lowest BCUT2D eigenvalue weighted by Gasteiger charge is -2.17. The first-order chi connectivity index (χ1) is 14.9. The van der Waals surface area contributed by atoms with Gasteiger partial charge in [-0.2, -0.15) is 4.57 Å². The molecule has 0 aliphatic carbocycles. The number of rotatable bonds is 4. The third-order valence-electron chi connectivity index (χ3n) is 4.34. The van der Waals surface area contributed by atoms with E-state index in [4.69, 9.17) is 18.6 Å². The van der Waals surface area contributed by atoms with Gasteiger partial charge >= 0.3 is 0 Å². The molecule has 0 aliphatic rings. The first-order valence-electron chi connectivity index (χ1n) is 9.40. The highest BCUT2D eigenvalue weighted by molar-refractivity contribution is 5.71. The Morgan fingerprint density at radius 2 is 0.935 bits per heavy atom. The van der Waals surface area contributed by atoms with Crippen LogP contribution in [-0.4, -0.2) is 0 Å². The summed E-state index contributed by atoms with van der Waals surface area (Å²) in [6.07, 6.45) is 8.57. The van der Waals surface area contributed by atoms with Gasteiger partial charge in [0.2, 0.25) is 0 Å². The molecule has 5 nitrogen and oxygen atoms in total. The third-order valence-corrected chi connectivity index (χ3v) is 4.34. The summed E-state index contributed by atoms with van der Waals surface area (Å²) < 4.78 is 36.1. The molecule has 0 fully saturated rings. The Balaban J connectivity index is 0.000000491. The fraction of sp³-hybridized carbons (Fsp3) is 0. The molecule has 1 aromatic heterocycles. The molecule has 0 atom stereocenters. The van der Waals surface area contributed by atoms with Crippen molar-refractivity contribution in [1.82, 2.24) is 0 Å². The van der Waals surface area contributed by atoms with Gasteiger partial charge in [-0.15, -0.1) is 10.2 Å². The first-order valence-corrected chi connectivity index (χ1v) is 10.6. The zero-order chi connectivity index (χ0) is 22.1. The summed E-state index contributed by atoms with van der Waals surface area (Å²) in [6, 6.07) is 33.6. The number of benzene rings is 3. The molecular formula is C25H20ClNO4. The molecule has 31 heavy (non-hydrogen) atoms. The second-order valence-electron chi connectivity index (χ2n) is 6.60. The highest BCUT2D eigenvalue weighted by Gasteiger charge is 2.09. The van der Waals surface area contributed by atoms with Crippen molar-refractivity contribution in [3.8, 4) is 22.3 Å². The van der Waals surface area contributed by atoms with E-state index in [1.165, 1.54) is 27.8 Å². The molecule has 1 heterocycles. The Labute approximate surface area is 183 Å². The van der Waals surface area contributed by atoms with Crippen LogP contribution in [0.25, 0.3) is 34.5 Å². The molecule has 0 N–H and O–H groups in total. The van der Waals surface area contributed by atoms with E-state index < -0.39 is 10.2 Å². The summed E-state index contributed by atoms with van der Waals surface area (Å²) in [5.74, 6) is 0. The standard InChI is InChI=1S/C25H20N.ClHO4/c1-4-10-21(11-5-1)16-17-26-19-24(22-12-6-2-7-13-22)18-25(20-26)23-14-8-3-9-15-23;2-1(3,4)5/h1-20H;(H,2,3,4,5)/q+1;/p-1/b17-16+;. The Morgan fingerprint density at radius 1 is 0.548 bits per heavy atom. The Kier molecular flexibility index (Phi) is 7.67. The van der Waals surface area contributed by atoms with E-state index in [-0.39, 0.29) is 0 Å². The maximum Gasteiger partial charge on any atom is 0.182 e. The van der Waals surface area contributed by atoms with Crippen LogP contribution in [0.15, 0.2) is 109 Å².